The molecule has 3 rings (SSSR count). The van der Waals surface area contributed by atoms with Gasteiger partial charge in [-0.2, -0.15) is 13.2 Å². The molecule has 0 aromatic heterocycles. The summed E-state index contributed by atoms with van der Waals surface area (Å²) in [5.74, 6) is -0.294. The Hall–Kier alpha value is -1.27. The Bertz CT molecular complexity index is 650. The van der Waals surface area contributed by atoms with Gasteiger partial charge in [0.1, 0.15) is 0 Å². The highest BCUT2D eigenvalue weighted by Gasteiger charge is 2.32. The number of rotatable bonds is 5. The number of hydrogen-bond acceptors (Lipinski definition) is 2. The number of carbonyl (C=O) groups excluding carboxylic acids is 1. The van der Waals surface area contributed by atoms with E-state index in [2.05, 4.69) is 10.2 Å². The largest absolute Gasteiger partial charge is 0.416 e. The number of anilines is 1. The maximum Gasteiger partial charge on any atom is 0.416 e. The second-order valence-corrected chi connectivity index (χ2v) is 8.40. The molecule has 2 saturated carbocycles. The summed E-state index contributed by atoms with van der Waals surface area (Å²) in [6, 6.07) is 3.79. The summed E-state index contributed by atoms with van der Waals surface area (Å²) in [5, 5.41) is 2.73. The minimum atomic E-state index is -4.47. The predicted octanol–water partition coefficient (Wildman–Crippen LogP) is 6.26. The summed E-state index contributed by atoms with van der Waals surface area (Å²) in [7, 11) is 0. The molecular formula is C21H28ClF3N2O. The van der Waals surface area contributed by atoms with E-state index < -0.39 is 11.7 Å². The molecule has 0 spiro atoms. The Morgan fingerprint density at radius 2 is 1.54 bits per heavy atom. The molecule has 2 fully saturated rings. The Kier molecular flexibility index (Phi) is 7.26. The van der Waals surface area contributed by atoms with Gasteiger partial charge in [-0.05, 0) is 43.9 Å². The van der Waals surface area contributed by atoms with Crippen molar-refractivity contribution in [2.45, 2.75) is 82.5 Å². The molecule has 0 unspecified atom stereocenters. The van der Waals surface area contributed by atoms with Crippen LogP contribution in [0.5, 0.6) is 0 Å². The molecule has 0 heterocycles. The molecule has 0 radical (unpaired) electrons. The van der Waals surface area contributed by atoms with E-state index in [1.54, 1.807) is 0 Å². The van der Waals surface area contributed by atoms with Crippen LogP contribution in [-0.4, -0.2) is 29.4 Å². The van der Waals surface area contributed by atoms with E-state index in [-0.39, 0.29) is 23.2 Å². The lowest BCUT2D eigenvalue weighted by Crippen LogP contribution is -2.48. The fraction of sp³-hybridized carbons (Fsp3) is 0.667. The minimum Gasteiger partial charge on any atom is -0.324 e. The summed E-state index contributed by atoms with van der Waals surface area (Å²) < 4.78 is 38.9. The average molecular weight is 417 g/mol. The van der Waals surface area contributed by atoms with Gasteiger partial charge in [0.2, 0.25) is 5.91 Å². The van der Waals surface area contributed by atoms with Gasteiger partial charge in [0.05, 0.1) is 22.8 Å². The van der Waals surface area contributed by atoms with Crippen LogP contribution in [0.2, 0.25) is 5.02 Å². The van der Waals surface area contributed by atoms with Gasteiger partial charge in [-0.1, -0.05) is 50.1 Å². The zero-order valence-corrected chi connectivity index (χ0v) is 16.8. The predicted molar refractivity (Wildman–Crippen MR) is 106 cm³/mol. The van der Waals surface area contributed by atoms with Crippen LogP contribution < -0.4 is 5.32 Å². The van der Waals surface area contributed by atoms with Crippen molar-refractivity contribution in [3.63, 3.8) is 0 Å². The van der Waals surface area contributed by atoms with Crippen molar-refractivity contribution >= 4 is 23.2 Å². The average Bonchev–Trinajstić information content (AvgIpc) is 2.68. The molecular weight excluding hydrogens is 389 g/mol. The number of amides is 1. The second kappa shape index (κ2) is 9.49. The van der Waals surface area contributed by atoms with Gasteiger partial charge in [-0.15, -0.1) is 0 Å². The van der Waals surface area contributed by atoms with Gasteiger partial charge >= 0.3 is 6.18 Å². The lowest BCUT2D eigenvalue weighted by atomic mass is 9.88. The molecule has 2 aliphatic rings. The number of hydrogen-bond donors (Lipinski definition) is 1. The molecule has 1 aromatic rings. The molecule has 2 aliphatic carbocycles. The molecule has 1 aromatic carbocycles. The van der Waals surface area contributed by atoms with E-state index in [0.717, 1.165) is 37.8 Å². The standard InChI is InChI=1S/C21H28ClF3N2O/c22-18-12-11-15(21(23,24)25)13-19(18)26-20(28)14-27(16-7-3-1-4-8-16)17-9-5-2-6-10-17/h11-13,16-17H,1-10,14H2,(H,26,28). The molecule has 3 nitrogen and oxygen atoms in total. The van der Waals surface area contributed by atoms with E-state index in [9.17, 15) is 18.0 Å². The number of carbonyl (C=O) groups is 1. The Morgan fingerprint density at radius 3 is 2.04 bits per heavy atom. The van der Waals surface area contributed by atoms with Crippen molar-refractivity contribution in [1.82, 2.24) is 4.90 Å². The molecule has 0 atom stereocenters. The number of nitrogens with zero attached hydrogens (tertiary/aromatic N) is 1. The molecule has 1 N–H and O–H groups in total. The molecule has 0 saturated heterocycles. The van der Waals surface area contributed by atoms with Crippen molar-refractivity contribution < 1.29 is 18.0 Å². The lowest BCUT2D eigenvalue weighted by Gasteiger charge is -2.41. The third-order valence-corrected chi connectivity index (χ3v) is 6.31. The fourth-order valence-electron chi connectivity index (χ4n) is 4.53. The summed E-state index contributed by atoms with van der Waals surface area (Å²) in [6.45, 7) is 0.210. The summed E-state index contributed by atoms with van der Waals surface area (Å²) in [4.78, 5) is 15.0. The highest BCUT2D eigenvalue weighted by Crippen LogP contribution is 2.34. The van der Waals surface area contributed by atoms with Crippen LogP contribution in [0.1, 0.15) is 69.8 Å². The maximum atomic E-state index is 13.0. The van der Waals surface area contributed by atoms with Gasteiger partial charge in [0.15, 0.2) is 0 Å². The van der Waals surface area contributed by atoms with Crippen LogP contribution in [0, 0.1) is 0 Å². The van der Waals surface area contributed by atoms with Crippen molar-refractivity contribution in [1.29, 1.82) is 0 Å². The zero-order chi connectivity index (χ0) is 20.1. The first kappa shape index (κ1) is 21.4. The van der Waals surface area contributed by atoms with Gasteiger partial charge < -0.3 is 5.32 Å². The fourth-order valence-corrected chi connectivity index (χ4v) is 4.70. The lowest BCUT2D eigenvalue weighted by molar-refractivity contribution is -0.137. The molecule has 0 aliphatic heterocycles. The summed E-state index contributed by atoms with van der Waals surface area (Å²) in [6.07, 6.45) is 7.07. The summed E-state index contributed by atoms with van der Waals surface area (Å²) in [5.41, 5.74) is -0.794. The first-order valence-electron chi connectivity index (χ1n) is 10.3. The smallest absolute Gasteiger partial charge is 0.324 e. The number of benzene rings is 1. The quantitative estimate of drug-likeness (QED) is 0.613. The van der Waals surface area contributed by atoms with Crippen molar-refractivity contribution in [3.8, 4) is 0 Å². The van der Waals surface area contributed by atoms with E-state index in [4.69, 9.17) is 11.6 Å². The van der Waals surface area contributed by atoms with Crippen LogP contribution in [0.3, 0.4) is 0 Å². The van der Waals surface area contributed by atoms with Gasteiger partial charge in [0.25, 0.3) is 0 Å². The van der Waals surface area contributed by atoms with E-state index >= 15 is 0 Å². The van der Waals surface area contributed by atoms with Crippen LogP contribution in [0.25, 0.3) is 0 Å². The molecule has 156 valence electrons. The van der Waals surface area contributed by atoms with Crippen molar-refractivity contribution in [2.75, 3.05) is 11.9 Å². The van der Waals surface area contributed by atoms with Crippen molar-refractivity contribution in [3.05, 3.63) is 28.8 Å². The SMILES string of the molecule is O=C(CN(C1CCCCC1)C1CCCCC1)Nc1cc(C(F)(F)F)ccc1Cl. The first-order valence-corrected chi connectivity index (χ1v) is 10.6. The number of halogens is 4. The molecule has 7 heteroatoms. The first-order chi connectivity index (χ1) is 13.3. The minimum absolute atomic E-state index is 0.0220. The molecule has 1 amide bonds. The Morgan fingerprint density at radius 1 is 1.00 bits per heavy atom. The van der Waals surface area contributed by atoms with Crippen LogP contribution in [0.4, 0.5) is 18.9 Å². The van der Waals surface area contributed by atoms with E-state index in [0.29, 0.717) is 12.1 Å². The highest BCUT2D eigenvalue weighted by atomic mass is 35.5. The maximum absolute atomic E-state index is 13.0. The number of alkyl halides is 3. The normalized spacial score (nSPS) is 19.8. The van der Waals surface area contributed by atoms with E-state index in [1.165, 1.54) is 44.6 Å². The number of nitrogens with one attached hydrogen (secondary N) is 1. The third kappa shape index (κ3) is 5.63. The van der Waals surface area contributed by atoms with E-state index in [1.807, 2.05) is 0 Å². The highest BCUT2D eigenvalue weighted by molar-refractivity contribution is 6.33. The second-order valence-electron chi connectivity index (χ2n) is 8.00. The van der Waals surface area contributed by atoms with Crippen LogP contribution in [-0.2, 0) is 11.0 Å². The molecule has 0 bridgehead atoms. The van der Waals surface area contributed by atoms with Crippen LogP contribution >= 0.6 is 11.6 Å². The summed E-state index contributed by atoms with van der Waals surface area (Å²) >= 11 is 6.03. The molecule has 28 heavy (non-hydrogen) atoms. The third-order valence-electron chi connectivity index (χ3n) is 5.98. The van der Waals surface area contributed by atoms with Gasteiger partial charge in [-0.25, -0.2) is 0 Å². The monoisotopic (exact) mass is 416 g/mol. The zero-order valence-electron chi connectivity index (χ0n) is 16.0. The topological polar surface area (TPSA) is 32.3 Å². The Balaban J connectivity index is 1.71. The van der Waals surface area contributed by atoms with Crippen molar-refractivity contribution in [2.24, 2.45) is 0 Å². The van der Waals surface area contributed by atoms with Crippen LogP contribution in [0.15, 0.2) is 18.2 Å². The van der Waals surface area contributed by atoms with Gasteiger partial charge in [0, 0.05) is 12.1 Å². The Labute approximate surface area is 169 Å². The van der Waals surface area contributed by atoms with Gasteiger partial charge in [-0.3, -0.25) is 9.69 Å².